The van der Waals surface area contributed by atoms with Gasteiger partial charge in [0.05, 0.1) is 0 Å². The summed E-state index contributed by atoms with van der Waals surface area (Å²) in [7, 11) is 0.847. The third kappa shape index (κ3) is 2.61. The van der Waals surface area contributed by atoms with Gasteiger partial charge in [-0.2, -0.15) is 0 Å². The molecule has 0 saturated heterocycles. The summed E-state index contributed by atoms with van der Waals surface area (Å²) in [5.41, 5.74) is 2.15. The summed E-state index contributed by atoms with van der Waals surface area (Å²) in [5, 5.41) is 9.91. The van der Waals surface area contributed by atoms with E-state index in [4.69, 9.17) is 9.97 Å². The Balaban J connectivity index is 1.64. The van der Waals surface area contributed by atoms with Crippen LogP contribution in [0.15, 0.2) is 97.3 Å². The molecule has 0 bridgehead atoms. The van der Waals surface area contributed by atoms with Gasteiger partial charge >= 0.3 is 170 Å². The second-order valence-electron chi connectivity index (χ2n) is 7.49. The Kier molecular flexibility index (Phi) is 3.65. The van der Waals surface area contributed by atoms with E-state index in [1.165, 1.54) is 42.9 Å². The van der Waals surface area contributed by atoms with Crippen LogP contribution in [0.1, 0.15) is 0 Å². The summed E-state index contributed by atoms with van der Waals surface area (Å²) in [6, 6.07) is 30.1. The maximum absolute atomic E-state index is 4.71. The molecule has 0 N–H and O–H groups in total. The van der Waals surface area contributed by atoms with Crippen molar-refractivity contribution in [2.45, 2.75) is 0 Å². The predicted octanol–water partition coefficient (Wildman–Crippen LogP) is 4.74. The molecule has 29 heavy (non-hydrogen) atoms. The van der Waals surface area contributed by atoms with E-state index in [1.54, 1.807) is 0 Å². The first-order chi connectivity index (χ1) is 14.4. The Labute approximate surface area is 170 Å². The van der Waals surface area contributed by atoms with Crippen LogP contribution < -0.4 is 10.6 Å². The van der Waals surface area contributed by atoms with Crippen LogP contribution in [0.4, 0.5) is 0 Å². The minimum atomic E-state index is 0.847. The number of pyridine rings is 2. The summed E-state index contributed by atoms with van der Waals surface area (Å²) >= 11 is 0. The van der Waals surface area contributed by atoms with Crippen molar-refractivity contribution >= 4 is 62.7 Å². The molecule has 132 valence electrons. The first-order valence-corrected chi connectivity index (χ1v) is 9.89. The molecule has 2 aromatic heterocycles. The van der Waals surface area contributed by atoms with Crippen molar-refractivity contribution in [1.29, 1.82) is 0 Å². The number of hydrogen-bond donors (Lipinski definition) is 0. The van der Waals surface area contributed by atoms with Gasteiger partial charge in [-0.15, -0.1) is 0 Å². The van der Waals surface area contributed by atoms with Crippen LogP contribution in [0.3, 0.4) is 0 Å². The van der Waals surface area contributed by atoms with Crippen LogP contribution in [0, 0.1) is 0 Å². The SMILES string of the molecule is [Be]([c]1cccc2ccc3cccnc3c12)[c]1cccc2ccc3cccnc3c12. The molecule has 0 saturated carbocycles. The first-order valence-electron chi connectivity index (χ1n) is 9.89. The zero-order valence-electron chi connectivity index (χ0n) is 15.8. The van der Waals surface area contributed by atoms with Gasteiger partial charge in [0.25, 0.3) is 0 Å². The van der Waals surface area contributed by atoms with Crippen molar-refractivity contribution < 1.29 is 0 Å². The van der Waals surface area contributed by atoms with Gasteiger partial charge in [-0.25, -0.2) is 0 Å². The molecule has 0 aliphatic rings. The number of aromatic nitrogens is 2. The summed E-state index contributed by atoms with van der Waals surface area (Å²) in [5.74, 6) is 0. The summed E-state index contributed by atoms with van der Waals surface area (Å²) < 4.78 is 0. The Morgan fingerprint density at radius 2 is 0.897 bits per heavy atom. The standard InChI is InChI=1S/2C13H8N.Be/c2*1-2-6-12-10(4-1)7-8-11-5-3-9-14-13(11)12;/h2*1-5,7-9H;. The molecule has 0 radical (unpaired) electrons. The summed E-state index contributed by atoms with van der Waals surface area (Å²) in [6.07, 6.45) is 3.77. The van der Waals surface area contributed by atoms with Crippen LogP contribution in [0.2, 0.25) is 0 Å². The molecule has 0 unspecified atom stereocenters. The monoisotopic (exact) mass is 365 g/mol. The molecular formula is C26H16BeN2. The van der Waals surface area contributed by atoms with Crippen LogP contribution in [-0.2, 0) is 0 Å². The molecule has 6 aromatic rings. The van der Waals surface area contributed by atoms with E-state index in [1.807, 2.05) is 24.5 Å². The van der Waals surface area contributed by atoms with Gasteiger partial charge in [0.2, 0.25) is 0 Å². The van der Waals surface area contributed by atoms with Crippen molar-refractivity contribution in [3.8, 4) is 0 Å². The second-order valence-corrected chi connectivity index (χ2v) is 7.49. The molecule has 3 heteroatoms. The van der Waals surface area contributed by atoms with E-state index >= 15 is 0 Å². The Morgan fingerprint density at radius 1 is 0.448 bits per heavy atom. The van der Waals surface area contributed by atoms with Gasteiger partial charge < -0.3 is 0 Å². The van der Waals surface area contributed by atoms with E-state index in [0.717, 1.165) is 19.8 Å². The van der Waals surface area contributed by atoms with E-state index in [0.29, 0.717) is 0 Å². The van der Waals surface area contributed by atoms with Gasteiger partial charge in [0.1, 0.15) is 0 Å². The number of benzene rings is 4. The molecule has 0 atom stereocenters. The molecule has 2 heterocycles. The topological polar surface area (TPSA) is 25.8 Å². The quantitative estimate of drug-likeness (QED) is 0.327. The number of nitrogens with zero attached hydrogens (tertiary/aromatic N) is 2. The molecule has 0 spiro atoms. The van der Waals surface area contributed by atoms with E-state index in [2.05, 4.69) is 72.8 Å². The van der Waals surface area contributed by atoms with Crippen molar-refractivity contribution in [1.82, 2.24) is 9.97 Å². The van der Waals surface area contributed by atoms with Gasteiger partial charge in [-0.05, 0) is 0 Å². The third-order valence-electron chi connectivity index (χ3n) is 5.78. The van der Waals surface area contributed by atoms with Gasteiger partial charge in [-0.1, -0.05) is 0 Å². The molecule has 0 amide bonds. The second kappa shape index (κ2) is 6.48. The maximum atomic E-state index is 4.71. The zero-order chi connectivity index (χ0) is 19.2. The Hall–Kier alpha value is -3.61. The fourth-order valence-electron chi connectivity index (χ4n) is 4.48. The van der Waals surface area contributed by atoms with Crippen molar-refractivity contribution in [3.05, 3.63) is 97.3 Å². The molecular weight excluding hydrogens is 349 g/mol. The summed E-state index contributed by atoms with van der Waals surface area (Å²) in [4.78, 5) is 9.42. The molecule has 2 nitrogen and oxygen atoms in total. The van der Waals surface area contributed by atoms with Crippen LogP contribution >= 0.6 is 0 Å². The third-order valence-corrected chi connectivity index (χ3v) is 5.78. The number of hydrogen-bond acceptors (Lipinski definition) is 2. The molecule has 6 rings (SSSR count). The fraction of sp³-hybridized carbons (Fsp3) is 0. The molecule has 4 aromatic carbocycles. The van der Waals surface area contributed by atoms with Gasteiger partial charge in [-0.3, -0.25) is 0 Å². The molecule has 0 aliphatic heterocycles. The van der Waals surface area contributed by atoms with E-state index in [-0.39, 0.29) is 0 Å². The number of fused-ring (bicyclic) bond motifs is 6. The van der Waals surface area contributed by atoms with Crippen LogP contribution in [0.25, 0.3) is 43.4 Å². The van der Waals surface area contributed by atoms with Gasteiger partial charge in [0.15, 0.2) is 0 Å². The van der Waals surface area contributed by atoms with Crippen molar-refractivity contribution in [2.24, 2.45) is 0 Å². The van der Waals surface area contributed by atoms with Crippen molar-refractivity contribution in [2.75, 3.05) is 0 Å². The number of rotatable bonds is 2. The van der Waals surface area contributed by atoms with Gasteiger partial charge in [0, 0.05) is 0 Å². The summed E-state index contributed by atoms with van der Waals surface area (Å²) in [6.45, 7) is 0. The van der Waals surface area contributed by atoms with E-state index < -0.39 is 0 Å². The first kappa shape index (κ1) is 16.4. The predicted molar refractivity (Wildman–Crippen MR) is 124 cm³/mol. The average molecular weight is 365 g/mol. The minimum absolute atomic E-state index is 0.847. The molecule has 0 fully saturated rings. The zero-order valence-corrected chi connectivity index (χ0v) is 15.8. The van der Waals surface area contributed by atoms with Crippen molar-refractivity contribution in [3.63, 3.8) is 0 Å². The van der Waals surface area contributed by atoms with Crippen LogP contribution in [-0.4, -0.2) is 18.7 Å². The molecule has 0 aliphatic carbocycles. The Bertz CT molecular complexity index is 1420. The van der Waals surface area contributed by atoms with E-state index in [9.17, 15) is 0 Å². The average Bonchev–Trinajstić information content (AvgIpc) is 2.79. The fourth-order valence-corrected chi connectivity index (χ4v) is 4.48. The Morgan fingerprint density at radius 3 is 1.41 bits per heavy atom. The van der Waals surface area contributed by atoms with Crippen LogP contribution in [0.5, 0.6) is 0 Å². The normalized spacial score (nSPS) is 11.3.